The van der Waals surface area contributed by atoms with Gasteiger partial charge in [0.1, 0.15) is 11.5 Å². The summed E-state index contributed by atoms with van der Waals surface area (Å²) in [6, 6.07) is 7.83. The molecular formula is C12H11BrO2S. The zero-order valence-corrected chi connectivity index (χ0v) is 11.1. The smallest absolute Gasteiger partial charge is 0.130 e. The van der Waals surface area contributed by atoms with Gasteiger partial charge in [0.25, 0.3) is 0 Å². The first kappa shape index (κ1) is 11.5. The lowest BCUT2D eigenvalue weighted by atomic mass is 10.1. The monoisotopic (exact) mass is 298 g/mol. The molecule has 1 heterocycles. The Morgan fingerprint density at radius 2 is 2.00 bits per heavy atom. The van der Waals surface area contributed by atoms with Crippen molar-refractivity contribution < 1.29 is 9.84 Å². The Morgan fingerprint density at radius 3 is 2.56 bits per heavy atom. The normalized spacial score (nSPS) is 10.4. The number of hydrogen-bond donors (Lipinski definition) is 1. The van der Waals surface area contributed by atoms with E-state index in [0.717, 1.165) is 21.8 Å². The molecule has 0 unspecified atom stereocenters. The van der Waals surface area contributed by atoms with Crippen LogP contribution in [-0.4, -0.2) is 12.2 Å². The maximum absolute atomic E-state index is 9.65. The van der Waals surface area contributed by atoms with Gasteiger partial charge in [-0.05, 0) is 29.8 Å². The molecule has 0 bridgehead atoms. The minimum Gasteiger partial charge on any atom is -0.507 e. The van der Waals surface area contributed by atoms with Crippen molar-refractivity contribution in [1.82, 2.24) is 0 Å². The number of alkyl halides is 1. The van der Waals surface area contributed by atoms with Crippen molar-refractivity contribution >= 4 is 27.3 Å². The molecule has 2 aromatic rings. The average molecular weight is 299 g/mol. The Kier molecular flexibility index (Phi) is 3.51. The molecule has 0 saturated carbocycles. The van der Waals surface area contributed by atoms with Gasteiger partial charge in [0.2, 0.25) is 0 Å². The second-order valence-electron chi connectivity index (χ2n) is 3.29. The summed E-state index contributed by atoms with van der Waals surface area (Å²) >= 11 is 4.93. The molecule has 0 aliphatic heterocycles. The summed E-state index contributed by atoms with van der Waals surface area (Å²) in [6.45, 7) is 0. The van der Waals surface area contributed by atoms with Gasteiger partial charge in [-0.2, -0.15) is 0 Å². The number of benzene rings is 1. The average Bonchev–Trinajstić information content (AvgIpc) is 2.70. The van der Waals surface area contributed by atoms with Gasteiger partial charge in [0.05, 0.1) is 7.11 Å². The van der Waals surface area contributed by atoms with Crippen molar-refractivity contribution in [2.24, 2.45) is 0 Å². The number of halogens is 1. The molecule has 0 amide bonds. The maximum Gasteiger partial charge on any atom is 0.130 e. The Balaban J connectivity index is 2.42. The third-order valence-electron chi connectivity index (χ3n) is 2.36. The number of hydrogen-bond acceptors (Lipinski definition) is 3. The van der Waals surface area contributed by atoms with Crippen LogP contribution in [0, 0.1) is 0 Å². The molecule has 2 rings (SSSR count). The zero-order chi connectivity index (χ0) is 11.5. The molecule has 0 aliphatic rings. The van der Waals surface area contributed by atoms with Gasteiger partial charge in [-0.3, -0.25) is 0 Å². The van der Waals surface area contributed by atoms with Crippen LogP contribution >= 0.6 is 27.3 Å². The van der Waals surface area contributed by atoms with Gasteiger partial charge < -0.3 is 9.84 Å². The largest absolute Gasteiger partial charge is 0.507 e. The fraction of sp³-hybridized carbons (Fsp3) is 0.167. The molecule has 1 aromatic heterocycles. The second kappa shape index (κ2) is 4.89. The molecule has 16 heavy (non-hydrogen) atoms. The van der Waals surface area contributed by atoms with Crippen LogP contribution in [0.25, 0.3) is 10.4 Å². The summed E-state index contributed by atoms with van der Waals surface area (Å²) in [5, 5.41) is 12.1. The van der Waals surface area contributed by atoms with Gasteiger partial charge in [-0.25, -0.2) is 0 Å². The van der Waals surface area contributed by atoms with Gasteiger partial charge >= 0.3 is 0 Å². The Morgan fingerprint density at radius 1 is 1.31 bits per heavy atom. The van der Waals surface area contributed by atoms with Gasteiger partial charge in [-0.1, -0.05) is 15.9 Å². The SMILES string of the molecule is COc1ccc(-c2scc(O)c2CBr)cc1. The lowest BCUT2D eigenvalue weighted by molar-refractivity contribution is 0.415. The third-order valence-corrected chi connectivity index (χ3v) is 3.98. The molecule has 84 valence electrons. The highest BCUT2D eigenvalue weighted by atomic mass is 79.9. The Labute approximate surface area is 107 Å². The van der Waals surface area contributed by atoms with Crippen molar-refractivity contribution in [3.8, 4) is 21.9 Å². The van der Waals surface area contributed by atoms with Crippen LogP contribution in [0.3, 0.4) is 0 Å². The van der Waals surface area contributed by atoms with Crippen molar-refractivity contribution in [3.05, 3.63) is 35.2 Å². The van der Waals surface area contributed by atoms with Gasteiger partial charge in [0, 0.05) is 21.2 Å². The van der Waals surface area contributed by atoms with E-state index in [0.29, 0.717) is 11.1 Å². The topological polar surface area (TPSA) is 29.5 Å². The van der Waals surface area contributed by atoms with E-state index in [9.17, 15) is 5.11 Å². The van der Waals surface area contributed by atoms with E-state index in [4.69, 9.17) is 4.74 Å². The van der Waals surface area contributed by atoms with Gasteiger partial charge in [-0.15, -0.1) is 11.3 Å². The summed E-state index contributed by atoms with van der Waals surface area (Å²) in [5.41, 5.74) is 2.04. The number of ether oxygens (including phenoxy) is 1. The first-order valence-electron chi connectivity index (χ1n) is 4.76. The molecule has 0 spiro atoms. The summed E-state index contributed by atoms with van der Waals surface area (Å²) in [5.74, 6) is 1.19. The van der Waals surface area contributed by atoms with E-state index in [1.165, 1.54) is 0 Å². The van der Waals surface area contributed by atoms with Gasteiger partial charge in [0.15, 0.2) is 0 Å². The van der Waals surface area contributed by atoms with Crippen LogP contribution < -0.4 is 4.74 Å². The standard InChI is InChI=1S/C12H11BrO2S/c1-15-9-4-2-8(3-5-9)12-10(6-13)11(14)7-16-12/h2-5,7,14H,6H2,1H3. The van der Waals surface area contributed by atoms with Crippen LogP contribution in [-0.2, 0) is 5.33 Å². The highest BCUT2D eigenvalue weighted by molar-refractivity contribution is 9.08. The molecule has 1 aromatic carbocycles. The number of rotatable bonds is 3. The Hall–Kier alpha value is -1.00. The van der Waals surface area contributed by atoms with Crippen molar-refractivity contribution in [2.75, 3.05) is 7.11 Å². The molecule has 4 heteroatoms. The van der Waals surface area contributed by atoms with E-state index < -0.39 is 0 Å². The minimum absolute atomic E-state index is 0.354. The van der Waals surface area contributed by atoms with E-state index in [1.54, 1.807) is 23.8 Å². The molecular weight excluding hydrogens is 288 g/mol. The molecule has 0 fully saturated rings. The van der Waals surface area contributed by atoms with Crippen LogP contribution in [0.2, 0.25) is 0 Å². The zero-order valence-electron chi connectivity index (χ0n) is 8.74. The fourth-order valence-corrected chi connectivity index (χ4v) is 3.20. The molecule has 0 atom stereocenters. The fourth-order valence-electron chi connectivity index (χ4n) is 1.49. The lowest BCUT2D eigenvalue weighted by Gasteiger charge is -2.03. The van der Waals surface area contributed by atoms with Crippen molar-refractivity contribution in [3.63, 3.8) is 0 Å². The summed E-state index contributed by atoms with van der Waals surface area (Å²) in [4.78, 5) is 1.09. The quantitative estimate of drug-likeness (QED) is 0.867. The van der Waals surface area contributed by atoms with E-state index in [-0.39, 0.29) is 0 Å². The maximum atomic E-state index is 9.65. The van der Waals surface area contributed by atoms with Crippen LogP contribution in [0.4, 0.5) is 0 Å². The molecule has 2 nitrogen and oxygen atoms in total. The summed E-state index contributed by atoms with van der Waals surface area (Å²) < 4.78 is 5.11. The predicted octanol–water partition coefficient (Wildman–Crippen LogP) is 4.02. The first-order chi connectivity index (χ1) is 7.76. The molecule has 0 radical (unpaired) electrons. The van der Waals surface area contributed by atoms with Crippen molar-refractivity contribution in [1.29, 1.82) is 0 Å². The highest BCUT2D eigenvalue weighted by Crippen LogP contribution is 2.38. The van der Waals surface area contributed by atoms with Crippen LogP contribution in [0.1, 0.15) is 5.56 Å². The summed E-state index contributed by atoms with van der Waals surface area (Å²) in [7, 11) is 1.65. The number of thiophene rings is 1. The predicted molar refractivity (Wildman–Crippen MR) is 70.6 cm³/mol. The number of methoxy groups -OCH3 is 1. The molecule has 0 aliphatic carbocycles. The second-order valence-corrected chi connectivity index (χ2v) is 4.73. The van der Waals surface area contributed by atoms with E-state index >= 15 is 0 Å². The number of aromatic hydroxyl groups is 1. The Bertz CT molecular complexity index is 476. The molecule has 1 N–H and O–H groups in total. The van der Waals surface area contributed by atoms with Crippen LogP contribution in [0.15, 0.2) is 29.6 Å². The highest BCUT2D eigenvalue weighted by Gasteiger charge is 2.11. The lowest BCUT2D eigenvalue weighted by Crippen LogP contribution is -1.83. The third kappa shape index (κ3) is 2.08. The van der Waals surface area contributed by atoms with E-state index in [1.807, 2.05) is 24.3 Å². The van der Waals surface area contributed by atoms with Crippen molar-refractivity contribution in [2.45, 2.75) is 5.33 Å². The summed E-state index contributed by atoms with van der Waals surface area (Å²) in [6.07, 6.45) is 0. The van der Waals surface area contributed by atoms with Crippen LogP contribution in [0.5, 0.6) is 11.5 Å². The minimum atomic E-state index is 0.354. The van der Waals surface area contributed by atoms with E-state index in [2.05, 4.69) is 15.9 Å². The molecule has 0 saturated heterocycles. The first-order valence-corrected chi connectivity index (χ1v) is 6.76.